The van der Waals surface area contributed by atoms with E-state index in [-0.39, 0.29) is 17.8 Å². The zero-order chi connectivity index (χ0) is 20.8. The van der Waals surface area contributed by atoms with Gasteiger partial charge in [0, 0.05) is 17.8 Å². The minimum Gasteiger partial charge on any atom is -0.445 e. The van der Waals surface area contributed by atoms with Crippen LogP contribution in [0, 0.1) is 19.7 Å². The van der Waals surface area contributed by atoms with Gasteiger partial charge in [-0.05, 0) is 56.7 Å². The minimum atomic E-state index is -1.38. The number of aromatic nitrogens is 2. The quantitative estimate of drug-likeness (QED) is 0.688. The van der Waals surface area contributed by atoms with Crippen LogP contribution >= 0.6 is 0 Å². The van der Waals surface area contributed by atoms with Crippen LogP contribution in [0.4, 0.5) is 10.1 Å². The molecule has 0 saturated carbocycles. The summed E-state index contributed by atoms with van der Waals surface area (Å²) in [6.45, 7) is 5.22. The Morgan fingerprint density at radius 2 is 1.97 bits per heavy atom. The smallest absolute Gasteiger partial charge is 0.339 e. The number of hydrogen-bond acceptors (Lipinski definition) is 4. The van der Waals surface area contributed by atoms with E-state index in [4.69, 9.17) is 4.74 Å². The molecule has 1 atom stereocenters. The Bertz CT molecular complexity index is 1140. The summed E-state index contributed by atoms with van der Waals surface area (Å²) in [5.74, 6) is -1.58. The van der Waals surface area contributed by atoms with Gasteiger partial charge in [0.15, 0.2) is 11.4 Å². The maximum absolute atomic E-state index is 14.7. The van der Waals surface area contributed by atoms with Crippen LogP contribution in [0.3, 0.4) is 0 Å². The van der Waals surface area contributed by atoms with Crippen molar-refractivity contribution in [3.63, 3.8) is 0 Å². The molecule has 0 radical (unpaired) electrons. The SMILES string of the molecule is Cc1cc(C)n(-c2ccc(NC(=O)C3(C)Cc4ccccc4C(=O)O3)cc2F)n1. The van der Waals surface area contributed by atoms with Gasteiger partial charge in [-0.1, -0.05) is 18.2 Å². The zero-order valence-electron chi connectivity index (χ0n) is 16.3. The Morgan fingerprint density at radius 3 is 2.66 bits per heavy atom. The molecule has 1 aliphatic heterocycles. The molecule has 2 heterocycles. The molecule has 148 valence electrons. The number of carbonyl (C=O) groups excluding carboxylic acids is 2. The summed E-state index contributed by atoms with van der Waals surface area (Å²) < 4.78 is 21.6. The average Bonchev–Trinajstić information content (AvgIpc) is 2.99. The molecule has 6 nitrogen and oxygen atoms in total. The molecule has 3 aromatic rings. The van der Waals surface area contributed by atoms with Crippen molar-refractivity contribution in [3.8, 4) is 5.69 Å². The van der Waals surface area contributed by atoms with Crippen LogP contribution in [0.25, 0.3) is 5.69 Å². The molecular formula is C22H20FN3O3. The highest BCUT2D eigenvalue weighted by Crippen LogP contribution is 2.29. The van der Waals surface area contributed by atoms with Gasteiger partial charge in [0.2, 0.25) is 0 Å². The van der Waals surface area contributed by atoms with E-state index in [1.807, 2.05) is 26.0 Å². The number of esters is 1. The summed E-state index contributed by atoms with van der Waals surface area (Å²) >= 11 is 0. The molecule has 1 N–H and O–H groups in total. The van der Waals surface area contributed by atoms with Gasteiger partial charge in [-0.25, -0.2) is 13.9 Å². The van der Waals surface area contributed by atoms with Gasteiger partial charge in [0.1, 0.15) is 5.69 Å². The lowest BCUT2D eigenvalue weighted by Crippen LogP contribution is -2.48. The molecule has 1 aliphatic rings. The van der Waals surface area contributed by atoms with Crippen molar-refractivity contribution in [2.24, 2.45) is 0 Å². The Kier molecular flexibility index (Phi) is 4.45. The molecule has 2 aromatic carbocycles. The molecule has 0 saturated heterocycles. The lowest BCUT2D eigenvalue weighted by atomic mass is 9.89. The maximum Gasteiger partial charge on any atom is 0.339 e. The summed E-state index contributed by atoms with van der Waals surface area (Å²) in [6.07, 6.45) is 0.243. The van der Waals surface area contributed by atoms with E-state index >= 15 is 0 Å². The van der Waals surface area contributed by atoms with Crippen LogP contribution in [0.2, 0.25) is 0 Å². The Balaban J connectivity index is 1.57. The van der Waals surface area contributed by atoms with E-state index in [0.29, 0.717) is 5.56 Å². The number of fused-ring (bicyclic) bond motifs is 1. The number of nitrogens with one attached hydrogen (secondary N) is 1. The first-order chi connectivity index (χ1) is 13.8. The van der Waals surface area contributed by atoms with Gasteiger partial charge in [0.25, 0.3) is 5.91 Å². The number of cyclic esters (lactones) is 1. The van der Waals surface area contributed by atoms with Crippen LogP contribution in [-0.2, 0) is 16.0 Å². The third kappa shape index (κ3) is 3.40. The van der Waals surface area contributed by atoms with Crippen molar-refractivity contribution in [3.05, 3.63) is 76.9 Å². The Morgan fingerprint density at radius 1 is 1.21 bits per heavy atom. The van der Waals surface area contributed by atoms with Crippen molar-refractivity contribution in [2.75, 3.05) is 5.32 Å². The van der Waals surface area contributed by atoms with E-state index in [1.54, 1.807) is 37.3 Å². The number of hydrogen-bond donors (Lipinski definition) is 1. The predicted molar refractivity (Wildman–Crippen MR) is 106 cm³/mol. The minimum absolute atomic E-state index is 0.243. The van der Waals surface area contributed by atoms with Gasteiger partial charge in [-0.2, -0.15) is 5.10 Å². The zero-order valence-corrected chi connectivity index (χ0v) is 16.3. The van der Waals surface area contributed by atoms with Gasteiger partial charge < -0.3 is 10.1 Å². The number of amides is 1. The molecule has 0 aliphatic carbocycles. The molecule has 1 aromatic heterocycles. The number of ether oxygens (including phenoxy) is 1. The number of carbonyl (C=O) groups is 2. The second kappa shape index (κ2) is 6.84. The van der Waals surface area contributed by atoms with Crippen molar-refractivity contribution in [1.82, 2.24) is 9.78 Å². The fraction of sp³-hybridized carbons (Fsp3) is 0.227. The van der Waals surface area contributed by atoms with Crippen molar-refractivity contribution in [1.29, 1.82) is 0 Å². The number of benzene rings is 2. The molecule has 29 heavy (non-hydrogen) atoms. The molecular weight excluding hydrogens is 373 g/mol. The Labute approximate surface area is 167 Å². The van der Waals surface area contributed by atoms with E-state index in [9.17, 15) is 14.0 Å². The van der Waals surface area contributed by atoms with Crippen LogP contribution in [0.1, 0.15) is 34.2 Å². The van der Waals surface area contributed by atoms with Gasteiger partial charge in [0.05, 0.1) is 11.3 Å². The van der Waals surface area contributed by atoms with Crippen molar-refractivity contribution >= 4 is 17.6 Å². The number of aryl methyl sites for hydroxylation is 2. The third-order valence-corrected chi connectivity index (χ3v) is 5.01. The lowest BCUT2D eigenvalue weighted by Gasteiger charge is -2.33. The number of nitrogens with zero attached hydrogens (tertiary/aromatic N) is 2. The van der Waals surface area contributed by atoms with E-state index in [0.717, 1.165) is 17.0 Å². The second-order valence-electron chi connectivity index (χ2n) is 7.41. The summed E-state index contributed by atoms with van der Waals surface area (Å²) in [7, 11) is 0. The molecule has 0 spiro atoms. The maximum atomic E-state index is 14.7. The summed E-state index contributed by atoms with van der Waals surface area (Å²) in [5.41, 5.74) is 1.97. The van der Waals surface area contributed by atoms with Gasteiger partial charge >= 0.3 is 5.97 Å². The predicted octanol–water partition coefficient (Wildman–Crippen LogP) is 3.74. The fourth-order valence-corrected chi connectivity index (χ4v) is 3.55. The van der Waals surface area contributed by atoms with E-state index in [2.05, 4.69) is 10.4 Å². The molecule has 0 fully saturated rings. The largest absolute Gasteiger partial charge is 0.445 e. The first-order valence-electron chi connectivity index (χ1n) is 9.23. The summed E-state index contributed by atoms with van der Waals surface area (Å²) in [6, 6.07) is 13.2. The fourth-order valence-electron chi connectivity index (χ4n) is 3.55. The van der Waals surface area contributed by atoms with Crippen LogP contribution < -0.4 is 5.32 Å². The van der Waals surface area contributed by atoms with E-state index in [1.165, 1.54) is 10.7 Å². The van der Waals surface area contributed by atoms with Crippen LogP contribution in [0.15, 0.2) is 48.5 Å². The summed E-state index contributed by atoms with van der Waals surface area (Å²) in [4.78, 5) is 25.1. The third-order valence-electron chi connectivity index (χ3n) is 5.01. The first kappa shape index (κ1) is 18.9. The topological polar surface area (TPSA) is 73.2 Å². The van der Waals surface area contributed by atoms with Gasteiger partial charge in [-0.15, -0.1) is 0 Å². The lowest BCUT2D eigenvalue weighted by molar-refractivity contribution is -0.134. The number of halogens is 1. The second-order valence-corrected chi connectivity index (χ2v) is 7.41. The number of rotatable bonds is 3. The highest BCUT2D eigenvalue weighted by atomic mass is 19.1. The first-order valence-corrected chi connectivity index (χ1v) is 9.23. The number of anilines is 1. The molecule has 4 rings (SSSR count). The highest BCUT2D eigenvalue weighted by molar-refractivity contribution is 6.02. The van der Waals surface area contributed by atoms with Crippen molar-refractivity contribution < 1.29 is 18.7 Å². The van der Waals surface area contributed by atoms with Crippen LogP contribution in [-0.4, -0.2) is 27.3 Å². The van der Waals surface area contributed by atoms with Crippen molar-refractivity contribution in [2.45, 2.75) is 32.8 Å². The molecule has 7 heteroatoms. The normalized spacial score (nSPS) is 18.1. The molecule has 0 bridgehead atoms. The standard InChI is InChI=1S/C22H20FN3O3/c1-13-10-14(2)26(25-13)19-9-8-16(11-18(19)23)24-21(28)22(3)12-15-6-4-5-7-17(15)20(27)29-22/h4-11H,12H2,1-3H3,(H,24,28). The van der Waals surface area contributed by atoms with Gasteiger partial charge in [-0.3, -0.25) is 4.79 Å². The Hall–Kier alpha value is -3.48. The van der Waals surface area contributed by atoms with Crippen LogP contribution in [0.5, 0.6) is 0 Å². The van der Waals surface area contributed by atoms with E-state index < -0.39 is 23.3 Å². The molecule has 1 amide bonds. The highest BCUT2D eigenvalue weighted by Gasteiger charge is 2.42. The average molecular weight is 393 g/mol. The monoisotopic (exact) mass is 393 g/mol. The molecule has 1 unspecified atom stereocenters. The summed E-state index contributed by atoms with van der Waals surface area (Å²) in [5, 5.41) is 6.93.